The number of ether oxygens (including phenoxy) is 1. The van der Waals surface area contributed by atoms with Crippen LogP contribution in [0.2, 0.25) is 0 Å². The zero-order valence-corrected chi connectivity index (χ0v) is 13.1. The van der Waals surface area contributed by atoms with Crippen LogP contribution in [0.25, 0.3) is 0 Å². The zero-order chi connectivity index (χ0) is 14.5. The van der Waals surface area contributed by atoms with Crippen LogP contribution in [-0.2, 0) is 0 Å². The maximum absolute atomic E-state index is 6.00. The van der Waals surface area contributed by atoms with Gasteiger partial charge in [0.25, 0.3) is 0 Å². The number of nitrogens with zero attached hydrogens (tertiary/aromatic N) is 1. The minimum atomic E-state index is 0.0101. The monoisotopic (exact) mass is 335 g/mol. The van der Waals surface area contributed by atoms with Crippen LogP contribution in [0.1, 0.15) is 24.1 Å². The van der Waals surface area contributed by atoms with Gasteiger partial charge in [0, 0.05) is 11.8 Å². The van der Waals surface area contributed by atoms with Crippen LogP contribution in [-0.4, -0.2) is 18.6 Å². The first-order valence-corrected chi connectivity index (χ1v) is 7.23. The van der Waals surface area contributed by atoms with Gasteiger partial charge < -0.3 is 15.8 Å². The van der Waals surface area contributed by atoms with Crippen molar-refractivity contribution in [2.24, 2.45) is 0 Å². The second-order valence-electron chi connectivity index (χ2n) is 4.36. The Kier molecular flexibility index (Phi) is 4.98. The lowest BCUT2D eigenvalue weighted by molar-refractivity contribution is 0.412. The van der Waals surface area contributed by atoms with Gasteiger partial charge in [0.15, 0.2) is 0 Å². The molecule has 0 fully saturated rings. The molecule has 0 bridgehead atoms. The number of nitrogens with two attached hydrogens (primary N) is 1. The van der Waals surface area contributed by atoms with E-state index in [1.165, 1.54) is 0 Å². The number of rotatable bonds is 5. The predicted octanol–water partition coefficient (Wildman–Crippen LogP) is 3.13. The fourth-order valence-electron chi connectivity index (χ4n) is 2.15. The number of hydrogen-bond acceptors (Lipinski definition) is 4. The van der Waals surface area contributed by atoms with Crippen molar-refractivity contribution in [1.29, 1.82) is 0 Å². The molecule has 1 aromatic carbocycles. The summed E-state index contributed by atoms with van der Waals surface area (Å²) in [6, 6.07) is 9.91. The number of anilines is 1. The summed E-state index contributed by atoms with van der Waals surface area (Å²) in [4.78, 5) is 4.17. The van der Waals surface area contributed by atoms with Crippen LogP contribution in [0.4, 0.5) is 5.82 Å². The third-order valence-corrected chi connectivity index (χ3v) is 3.72. The zero-order valence-electron chi connectivity index (χ0n) is 11.6. The molecule has 1 heterocycles. The van der Waals surface area contributed by atoms with E-state index in [-0.39, 0.29) is 6.04 Å². The number of pyridine rings is 1. The van der Waals surface area contributed by atoms with Crippen LogP contribution >= 0.6 is 15.9 Å². The topological polar surface area (TPSA) is 60.2 Å². The lowest BCUT2D eigenvalue weighted by Gasteiger charge is -2.20. The van der Waals surface area contributed by atoms with E-state index in [1.807, 2.05) is 30.3 Å². The number of methoxy groups -OCH3 is 1. The van der Waals surface area contributed by atoms with Gasteiger partial charge in [-0.15, -0.1) is 0 Å². The fraction of sp³-hybridized carbons (Fsp3) is 0.267. The standard InChI is InChI=1S/C15H18BrN3O/c1-3-18-14(11-5-4-8-19-15(11)17)10-6-7-13(20-2)12(16)9-10/h4-9,14,18H,3H2,1-2H3,(H2,17,19). The number of halogens is 1. The van der Waals surface area contributed by atoms with Crippen molar-refractivity contribution in [2.75, 3.05) is 19.4 Å². The Morgan fingerprint density at radius 3 is 2.80 bits per heavy atom. The molecule has 1 aromatic heterocycles. The largest absolute Gasteiger partial charge is 0.496 e. The highest BCUT2D eigenvalue weighted by Gasteiger charge is 2.17. The Bertz CT molecular complexity index is 589. The Morgan fingerprint density at radius 1 is 1.40 bits per heavy atom. The first-order valence-electron chi connectivity index (χ1n) is 6.44. The number of aromatic nitrogens is 1. The van der Waals surface area contributed by atoms with Gasteiger partial charge in [-0.3, -0.25) is 0 Å². The van der Waals surface area contributed by atoms with Crippen LogP contribution in [0.5, 0.6) is 5.75 Å². The van der Waals surface area contributed by atoms with Crippen LogP contribution in [0.15, 0.2) is 41.0 Å². The minimum Gasteiger partial charge on any atom is -0.496 e. The van der Waals surface area contributed by atoms with E-state index in [1.54, 1.807) is 13.3 Å². The molecule has 4 nitrogen and oxygen atoms in total. The molecule has 0 radical (unpaired) electrons. The van der Waals surface area contributed by atoms with Crippen molar-refractivity contribution in [3.8, 4) is 5.75 Å². The summed E-state index contributed by atoms with van der Waals surface area (Å²) >= 11 is 3.52. The summed E-state index contributed by atoms with van der Waals surface area (Å²) in [5.74, 6) is 1.36. The number of nitrogen functional groups attached to an aromatic ring is 1. The number of nitrogens with one attached hydrogen (secondary N) is 1. The van der Waals surface area contributed by atoms with Crippen LogP contribution < -0.4 is 15.8 Å². The lowest BCUT2D eigenvalue weighted by atomic mass is 9.99. The third kappa shape index (κ3) is 3.11. The highest BCUT2D eigenvalue weighted by atomic mass is 79.9. The van der Waals surface area contributed by atoms with Crippen molar-refractivity contribution < 1.29 is 4.74 Å². The SMILES string of the molecule is CCNC(c1ccc(OC)c(Br)c1)c1cccnc1N. The molecule has 0 aliphatic heterocycles. The van der Waals surface area contributed by atoms with Crippen molar-refractivity contribution >= 4 is 21.7 Å². The van der Waals surface area contributed by atoms with Crippen molar-refractivity contribution in [1.82, 2.24) is 10.3 Å². The molecule has 1 atom stereocenters. The van der Waals surface area contributed by atoms with Gasteiger partial charge in [0.05, 0.1) is 17.6 Å². The first-order chi connectivity index (χ1) is 9.67. The molecule has 106 valence electrons. The summed E-state index contributed by atoms with van der Waals surface area (Å²) in [5.41, 5.74) is 8.08. The van der Waals surface area contributed by atoms with Gasteiger partial charge in [0.1, 0.15) is 11.6 Å². The minimum absolute atomic E-state index is 0.0101. The Labute approximate surface area is 127 Å². The van der Waals surface area contributed by atoms with E-state index >= 15 is 0 Å². The summed E-state index contributed by atoms with van der Waals surface area (Å²) in [6.45, 7) is 2.90. The first kappa shape index (κ1) is 14.8. The Balaban J connectivity index is 2.43. The Morgan fingerprint density at radius 2 is 2.20 bits per heavy atom. The molecule has 0 spiro atoms. The predicted molar refractivity (Wildman–Crippen MR) is 84.9 cm³/mol. The number of hydrogen-bond donors (Lipinski definition) is 2. The van der Waals surface area contributed by atoms with E-state index in [0.717, 1.165) is 27.9 Å². The average Bonchev–Trinajstić information content (AvgIpc) is 2.46. The fourth-order valence-corrected chi connectivity index (χ4v) is 2.71. The molecule has 5 heteroatoms. The van der Waals surface area contributed by atoms with Crippen molar-refractivity contribution in [3.05, 3.63) is 52.1 Å². The molecule has 1 unspecified atom stereocenters. The normalized spacial score (nSPS) is 12.2. The lowest BCUT2D eigenvalue weighted by Crippen LogP contribution is -2.23. The second kappa shape index (κ2) is 6.72. The molecule has 0 aliphatic rings. The van der Waals surface area contributed by atoms with Crippen molar-refractivity contribution in [2.45, 2.75) is 13.0 Å². The number of benzene rings is 1. The Hall–Kier alpha value is -1.59. The highest BCUT2D eigenvalue weighted by molar-refractivity contribution is 9.10. The van der Waals surface area contributed by atoms with E-state index < -0.39 is 0 Å². The summed E-state index contributed by atoms with van der Waals surface area (Å²) in [6.07, 6.45) is 1.70. The molecule has 2 rings (SSSR count). The molecule has 20 heavy (non-hydrogen) atoms. The molecule has 3 N–H and O–H groups in total. The van der Waals surface area contributed by atoms with Crippen LogP contribution in [0, 0.1) is 0 Å². The van der Waals surface area contributed by atoms with E-state index in [2.05, 4.69) is 33.2 Å². The van der Waals surface area contributed by atoms with E-state index in [4.69, 9.17) is 10.5 Å². The smallest absolute Gasteiger partial charge is 0.133 e. The molecule has 0 aliphatic carbocycles. The quantitative estimate of drug-likeness (QED) is 0.881. The maximum atomic E-state index is 6.00. The summed E-state index contributed by atoms with van der Waals surface area (Å²) in [5, 5.41) is 3.44. The summed E-state index contributed by atoms with van der Waals surface area (Å²) < 4.78 is 6.18. The van der Waals surface area contributed by atoms with E-state index in [9.17, 15) is 0 Å². The molecular weight excluding hydrogens is 318 g/mol. The molecule has 0 amide bonds. The highest BCUT2D eigenvalue weighted by Crippen LogP contribution is 2.31. The van der Waals surface area contributed by atoms with Gasteiger partial charge in [-0.05, 0) is 46.2 Å². The van der Waals surface area contributed by atoms with Crippen molar-refractivity contribution in [3.63, 3.8) is 0 Å². The van der Waals surface area contributed by atoms with Crippen LogP contribution in [0.3, 0.4) is 0 Å². The van der Waals surface area contributed by atoms with Gasteiger partial charge in [-0.2, -0.15) is 0 Å². The van der Waals surface area contributed by atoms with Gasteiger partial charge >= 0.3 is 0 Å². The van der Waals surface area contributed by atoms with Gasteiger partial charge in [0.2, 0.25) is 0 Å². The second-order valence-corrected chi connectivity index (χ2v) is 5.22. The average molecular weight is 336 g/mol. The summed E-state index contributed by atoms with van der Waals surface area (Å²) in [7, 11) is 1.65. The molecule has 0 saturated heterocycles. The molecule has 0 saturated carbocycles. The van der Waals surface area contributed by atoms with E-state index in [0.29, 0.717) is 5.82 Å². The van der Waals surface area contributed by atoms with Gasteiger partial charge in [-0.25, -0.2) is 4.98 Å². The molecular formula is C15H18BrN3O. The van der Waals surface area contributed by atoms with Gasteiger partial charge in [-0.1, -0.05) is 19.1 Å². The molecule has 2 aromatic rings. The third-order valence-electron chi connectivity index (χ3n) is 3.10. The maximum Gasteiger partial charge on any atom is 0.133 e.